The van der Waals surface area contributed by atoms with Gasteiger partial charge in [0.2, 0.25) is 0 Å². The van der Waals surface area contributed by atoms with Crippen molar-refractivity contribution in [3.63, 3.8) is 0 Å². The van der Waals surface area contributed by atoms with Crippen molar-refractivity contribution >= 4 is 17.2 Å². The van der Waals surface area contributed by atoms with Crippen LogP contribution in [0.1, 0.15) is 24.5 Å². The maximum Gasteiger partial charge on any atom is 0.416 e. The number of hydrogen-bond donors (Lipinski definition) is 1. The topological polar surface area (TPSA) is 38.3 Å². The molecule has 0 aliphatic carbocycles. The van der Waals surface area contributed by atoms with Crippen molar-refractivity contribution in [2.45, 2.75) is 25.6 Å². The molecule has 0 unspecified atom stereocenters. The van der Waals surface area contributed by atoms with Gasteiger partial charge in [0.1, 0.15) is 0 Å². The highest BCUT2D eigenvalue weighted by Crippen LogP contribution is 2.37. The average Bonchev–Trinajstić information content (AvgIpc) is 2.43. The molecule has 1 N–H and O–H groups in total. The van der Waals surface area contributed by atoms with Crippen LogP contribution in [0.3, 0.4) is 0 Å². The third kappa shape index (κ3) is 2.64. The van der Waals surface area contributed by atoms with Crippen molar-refractivity contribution in [1.82, 2.24) is 0 Å². The summed E-state index contributed by atoms with van der Waals surface area (Å²) in [4.78, 5) is 11.8. The third-order valence-corrected chi connectivity index (χ3v) is 3.19. The molecule has 1 atom stereocenters. The molecule has 0 radical (unpaired) electrons. The molecule has 0 saturated carbocycles. The van der Waals surface area contributed by atoms with Gasteiger partial charge in [-0.05, 0) is 30.7 Å². The molecule has 0 aromatic heterocycles. The van der Waals surface area contributed by atoms with Crippen LogP contribution in [0.15, 0.2) is 24.3 Å². The van der Waals surface area contributed by atoms with Gasteiger partial charge in [-0.2, -0.15) is 13.2 Å². The molecule has 1 aliphatic rings. The van der Waals surface area contributed by atoms with Crippen molar-refractivity contribution in [2.75, 3.05) is 12.4 Å². The zero-order valence-electron chi connectivity index (χ0n) is 11.0. The molecule has 6 heteroatoms. The van der Waals surface area contributed by atoms with E-state index >= 15 is 0 Å². The maximum absolute atomic E-state index is 12.8. The summed E-state index contributed by atoms with van der Waals surface area (Å²) in [6.45, 7) is 1.91. The van der Waals surface area contributed by atoms with Crippen LogP contribution < -0.4 is 5.32 Å². The Labute approximate surface area is 114 Å². The van der Waals surface area contributed by atoms with Crippen molar-refractivity contribution in [1.29, 1.82) is 0 Å². The highest BCUT2D eigenvalue weighted by Gasteiger charge is 2.33. The van der Waals surface area contributed by atoms with E-state index < -0.39 is 17.7 Å². The fourth-order valence-corrected chi connectivity index (χ4v) is 2.11. The molecule has 108 valence electrons. The first-order valence-corrected chi connectivity index (χ1v) is 6.15. The van der Waals surface area contributed by atoms with Gasteiger partial charge >= 0.3 is 12.1 Å². The van der Waals surface area contributed by atoms with Crippen molar-refractivity contribution in [3.05, 3.63) is 35.4 Å². The Bertz CT molecular complexity index is 564. The Kier molecular flexibility index (Phi) is 3.74. The maximum atomic E-state index is 12.8. The van der Waals surface area contributed by atoms with Crippen LogP contribution in [0.4, 0.5) is 18.9 Å². The molecular formula is C14H14F3NO2. The normalized spacial score (nSPS) is 17.9. The second kappa shape index (κ2) is 5.19. The van der Waals surface area contributed by atoms with Gasteiger partial charge in [0.15, 0.2) is 0 Å². The van der Waals surface area contributed by atoms with Crippen LogP contribution in [0.25, 0.3) is 5.57 Å². The number of nitrogens with one attached hydrogen (secondary N) is 1. The lowest BCUT2D eigenvalue weighted by atomic mass is 9.94. The minimum atomic E-state index is -4.45. The molecule has 2 rings (SSSR count). The van der Waals surface area contributed by atoms with Crippen LogP contribution in [-0.2, 0) is 15.7 Å². The standard InChI is InChI=1S/C14H14F3NO2/c1-3-9-7-11(13(19)20-2)10-6-8(14(15,16)17)4-5-12(10)18-9/h4-7,9,18H,3H2,1-2H3/t9-/m1/s1. The Balaban J connectivity index is 2.54. The summed E-state index contributed by atoms with van der Waals surface area (Å²) in [6, 6.07) is 3.21. The van der Waals surface area contributed by atoms with Gasteiger partial charge in [-0.3, -0.25) is 0 Å². The van der Waals surface area contributed by atoms with E-state index in [1.54, 1.807) is 6.08 Å². The number of esters is 1. The van der Waals surface area contributed by atoms with Crippen LogP contribution in [0, 0.1) is 0 Å². The number of fused-ring (bicyclic) bond motifs is 1. The van der Waals surface area contributed by atoms with E-state index in [1.165, 1.54) is 13.2 Å². The summed E-state index contributed by atoms with van der Waals surface area (Å²) >= 11 is 0. The lowest BCUT2D eigenvalue weighted by Gasteiger charge is -2.25. The third-order valence-electron chi connectivity index (χ3n) is 3.19. The van der Waals surface area contributed by atoms with E-state index in [0.29, 0.717) is 12.1 Å². The first kappa shape index (κ1) is 14.4. The Morgan fingerprint density at radius 1 is 1.40 bits per heavy atom. The number of benzene rings is 1. The number of halogens is 3. The molecule has 0 fully saturated rings. The lowest BCUT2D eigenvalue weighted by Crippen LogP contribution is -2.24. The second-order valence-corrected chi connectivity index (χ2v) is 4.49. The fraction of sp³-hybridized carbons (Fsp3) is 0.357. The second-order valence-electron chi connectivity index (χ2n) is 4.49. The summed E-state index contributed by atoms with van der Waals surface area (Å²) in [7, 11) is 1.21. The minimum Gasteiger partial charge on any atom is -0.465 e. The number of hydrogen-bond acceptors (Lipinski definition) is 3. The van der Waals surface area contributed by atoms with E-state index in [1.807, 2.05) is 6.92 Å². The van der Waals surface area contributed by atoms with Gasteiger partial charge in [-0.15, -0.1) is 0 Å². The van der Waals surface area contributed by atoms with Gasteiger partial charge in [0.25, 0.3) is 0 Å². The summed E-state index contributed by atoms with van der Waals surface area (Å²) in [6.07, 6.45) is -2.13. The smallest absolute Gasteiger partial charge is 0.416 e. The quantitative estimate of drug-likeness (QED) is 0.846. The largest absolute Gasteiger partial charge is 0.465 e. The number of alkyl halides is 3. The predicted molar refractivity (Wildman–Crippen MR) is 69.1 cm³/mol. The first-order chi connectivity index (χ1) is 9.36. The van der Waals surface area contributed by atoms with Crippen LogP contribution in [-0.4, -0.2) is 19.1 Å². The van der Waals surface area contributed by atoms with Gasteiger partial charge in [0.05, 0.1) is 18.2 Å². The van der Waals surface area contributed by atoms with Crippen molar-refractivity contribution < 1.29 is 22.7 Å². The molecule has 1 heterocycles. The van der Waals surface area contributed by atoms with Gasteiger partial charge in [0, 0.05) is 17.3 Å². The van der Waals surface area contributed by atoms with Crippen molar-refractivity contribution in [3.8, 4) is 0 Å². The zero-order valence-corrected chi connectivity index (χ0v) is 11.0. The Morgan fingerprint density at radius 2 is 2.10 bits per heavy atom. The van der Waals surface area contributed by atoms with Crippen LogP contribution in [0.5, 0.6) is 0 Å². The van der Waals surface area contributed by atoms with Crippen molar-refractivity contribution in [2.24, 2.45) is 0 Å². The number of carbonyl (C=O) groups is 1. The Hall–Kier alpha value is -1.98. The number of rotatable bonds is 2. The highest BCUT2D eigenvalue weighted by atomic mass is 19.4. The lowest BCUT2D eigenvalue weighted by molar-refractivity contribution is -0.138. The van der Waals surface area contributed by atoms with E-state index in [4.69, 9.17) is 0 Å². The first-order valence-electron chi connectivity index (χ1n) is 6.15. The van der Waals surface area contributed by atoms with E-state index in [-0.39, 0.29) is 17.2 Å². The molecule has 1 aromatic carbocycles. The molecule has 0 saturated heterocycles. The van der Waals surface area contributed by atoms with Gasteiger partial charge in [-0.1, -0.05) is 6.92 Å². The number of ether oxygens (including phenoxy) is 1. The molecule has 1 aliphatic heterocycles. The van der Waals surface area contributed by atoms with Gasteiger partial charge < -0.3 is 10.1 Å². The number of carbonyl (C=O) groups excluding carboxylic acids is 1. The summed E-state index contributed by atoms with van der Waals surface area (Å²) in [5.41, 5.74) is 0.103. The summed E-state index contributed by atoms with van der Waals surface area (Å²) < 4.78 is 42.9. The monoisotopic (exact) mass is 285 g/mol. The molecule has 0 spiro atoms. The molecule has 3 nitrogen and oxygen atoms in total. The SMILES string of the molecule is CC[C@@H]1C=C(C(=O)OC)c2cc(C(F)(F)F)ccc2N1. The number of anilines is 1. The predicted octanol–water partition coefficient (Wildman–Crippen LogP) is 3.47. The van der Waals surface area contributed by atoms with E-state index in [9.17, 15) is 18.0 Å². The van der Waals surface area contributed by atoms with Gasteiger partial charge in [-0.25, -0.2) is 4.79 Å². The molecular weight excluding hydrogens is 271 g/mol. The summed E-state index contributed by atoms with van der Waals surface area (Å²) in [5, 5.41) is 3.08. The van der Waals surface area contributed by atoms with E-state index in [2.05, 4.69) is 10.1 Å². The fourth-order valence-electron chi connectivity index (χ4n) is 2.11. The number of methoxy groups -OCH3 is 1. The highest BCUT2D eigenvalue weighted by molar-refractivity contribution is 6.19. The minimum absolute atomic E-state index is 0.103. The zero-order chi connectivity index (χ0) is 14.9. The molecule has 1 aromatic rings. The molecule has 0 bridgehead atoms. The Morgan fingerprint density at radius 3 is 2.65 bits per heavy atom. The van der Waals surface area contributed by atoms with Crippen LogP contribution in [0.2, 0.25) is 0 Å². The average molecular weight is 285 g/mol. The summed E-state index contributed by atoms with van der Waals surface area (Å²) in [5.74, 6) is -0.634. The van der Waals surface area contributed by atoms with E-state index in [0.717, 1.165) is 12.1 Å². The van der Waals surface area contributed by atoms with Crippen LogP contribution >= 0.6 is 0 Å². The molecule has 20 heavy (non-hydrogen) atoms. The molecule has 0 amide bonds.